The van der Waals surface area contributed by atoms with Crippen LogP contribution in [0.15, 0.2) is 36.5 Å². The number of rotatable bonds is 3. The van der Waals surface area contributed by atoms with Crippen molar-refractivity contribution < 1.29 is 4.79 Å². The van der Waals surface area contributed by atoms with E-state index in [1.807, 2.05) is 31.2 Å². The van der Waals surface area contributed by atoms with Gasteiger partial charge in [-0.05, 0) is 49.6 Å². The molecule has 2 aromatic rings. The minimum absolute atomic E-state index is 0.0202. The van der Waals surface area contributed by atoms with E-state index in [1.54, 1.807) is 12.3 Å². The average Bonchev–Trinajstić information content (AvgIpc) is 2.63. The number of nitrogens with zero attached hydrogens (tertiary/aromatic N) is 3. The number of aryl methyl sites for hydroxylation is 1. The van der Waals surface area contributed by atoms with Crippen molar-refractivity contribution in [1.82, 2.24) is 4.98 Å². The number of halogens is 1. The zero-order valence-electron chi connectivity index (χ0n) is 14.0. The molecular formula is C19H19ClN4O. The number of hydrogen-bond donors (Lipinski definition) is 1. The summed E-state index contributed by atoms with van der Waals surface area (Å²) >= 11 is 6.11. The Kier molecular flexibility index (Phi) is 5.20. The van der Waals surface area contributed by atoms with Crippen molar-refractivity contribution >= 4 is 29.0 Å². The van der Waals surface area contributed by atoms with Crippen LogP contribution in [0.4, 0.5) is 11.5 Å². The second kappa shape index (κ2) is 7.54. The molecule has 1 aromatic heterocycles. The van der Waals surface area contributed by atoms with Gasteiger partial charge in [0.1, 0.15) is 11.9 Å². The number of amides is 1. The summed E-state index contributed by atoms with van der Waals surface area (Å²) in [4.78, 5) is 18.8. The molecule has 2 heterocycles. The van der Waals surface area contributed by atoms with Crippen molar-refractivity contribution in [2.45, 2.75) is 19.8 Å². The number of nitriles is 1. The molecule has 5 nitrogen and oxygen atoms in total. The fourth-order valence-corrected chi connectivity index (χ4v) is 3.18. The number of hydrogen-bond acceptors (Lipinski definition) is 4. The van der Waals surface area contributed by atoms with Gasteiger partial charge in [0.05, 0.1) is 10.6 Å². The van der Waals surface area contributed by atoms with Crippen molar-refractivity contribution in [2.24, 2.45) is 5.92 Å². The topological polar surface area (TPSA) is 69.0 Å². The van der Waals surface area contributed by atoms with Gasteiger partial charge in [-0.1, -0.05) is 17.7 Å². The van der Waals surface area contributed by atoms with E-state index in [9.17, 15) is 4.79 Å². The number of carbonyl (C=O) groups excluding carboxylic acids is 1. The molecule has 0 bridgehead atoms. The van der Waals surface area contributed by atoms with Gasteiger partial charge in [-0.2, -0.15) is 5.26 Å². The lowest BCUT2D eigenvalue weighted by molar-refractivity contribution is -0.120. The van der Waals surface area contributed by atoms with E-state index in [0.29, 0.717) is 16.4 Å². The number of anilines is 2. The summed E-state index contributed by atoms with van der Waals surface area (Å²) in [6.45, 7) is 3.52. The van der Waals surface area contributed by atoms with Gasteiger partial charge < -0.3 is 10.2 Å². The molecule has 1 N–H and O–H groups in total. The maximum Gasteiger partial charge on any atom is 0.228 e. The van der Waals surface area contributed by atoms with Crippen molar-refractivity contribution in [2.75, 3.05) is 23.3 Å². The molecule has 1 amide bonds. The second-order valence-corrected chi connectivity index (χ2v) is 6.65. The molecule has 0 aliphatic carbocycles. The summed E-state index contributed by atoms with van der Waals surface area (Å²) in [6.07, 6.45) is 3.29. The minimum atomic E-state index is -0.0202. The van der Waals surface area contributed by atoms with Crippen molar-refractivity contribution in [3.63, 3.8) is 0 Å². The van der Waals surface area contributed by atoms with E-state index in [0.717, 1.165) is 37.2 Å². The number of pyridine rings is 1. The van der Waals surface area contributed by atoms with E-state index in [-0.39, 0.29) is 11.8 Å². The first-order chi connectivity index (χ1) is 12.1. The Morgan fingerprint density at radius 3 is 2.68 bits per heavy atom. The van der Waals surface area contributed by atoms with E-state index >= 15 is 0 Å². The minimum Gasteiger partial charge on any atom is -0.371 e. The molecule has 1 aliphatic rings. The fourth-order valence-electron chi connectivity index (χ4n) is 2.96. The van der Waals surface area contributed by atoms with Crippen molar-refractivity contribution in [3.05, 3.63) is 52.7 Å². The van der Waals surface area contributed by atoms with Crippen LogP contribution in [0.5, 0.6) is 0 Å². The van der Waals surface area contributed by atoms with Gasteiger partial charge >= 0.3 is 0 Å². The highest BCUT2D eigenvalue weighted by Crippen LogP contribution is 2.27. The Morgan fingerprint density at radius 2 is 2.08 bits per heavy atom. The first-order valence-corrected chi connectivity index (χ1v) is 8.63. The number of aromatic nitrogens is 1. The van der Waals surface area contributed by atoms with Crippen LogP contribution in [0.25, 0.3) is 0 Å². The quantitative estimate of drug-likeness (QED) is 0.910. The summed E-state index contributed by atoms with van der Waals surface area (Å²) in [7, 11) is 0. The molecule has 6 heteroatoms. The Morgan fingerprint density at radius 1 is 1.32 bits per heavy atom. The first-order valence-electron chi connectivity index (χ1n) is 8.25. The summed E-state index contributed by atoms with van der Waals surface area (Å²) in [5, 5.41) is 12.3. The first kappa shape index (κ1) is 17.2. The standard InChI is InChI=1S/C19H19ClN4O/c1-13-2-5-18(22-12-13)23-19(25)14-6-8-24(9-7-14)16-4-3-15(11-21)17(20)10-16/h2-5,10,12,14H,6-9H2,1H3,(H,22,23,25). The monoisotopic (exact) mass is 354 g/mol. The Hall–Kier alpha value is -2.58. The van der Waals surface area contributed by atoms with Gasteiger partial charge in [0.2, 0.25) is 5.91 Å². The number of nitrogens with one attached hydrogen (secondary N) is 1. The van der Waals surface area contributed by atoms with Crippen molar-refractivity contribution in [1.29, 1.82) is 5.26 Å². The zero-order valence-corrected chi connectivity index (χ0v) is 14.8. The van der Waals surface area contributed by atoms with Gasteiger partial charge in [-0.3, -0.25) is 4.79 Å². The Bertz CT molecular complexity index is 805. The van der Waals surface area contributed by atoms with Gasteiger partial charge in [0.25, 0.3) is 0 Å². The molecular weight excluding hydrogens is 336 g/mol. The molecule has 1 saturated heterocycles. The van der Waals surface area contributed by atoms with Gasteiger partial charge in [-0.25, -0.2) is 4.98 Å². The predicted octanol–water partition coefficient (Wildman–Crippen LogP) is 3.77. The fraction of sp³-hybridized carbons (Fsp3) is 0.316. The molecule has 25 heavy (non-hydrogen) atoms. The maximum atomic E-state index is 12.4. The van der Waals surface area contributed by atoms with E-state index in [2.05, 4.69) is 21.3 Å². The van der Waals surface area contributed by atoms with E-state index in [4.69, 9.17) is 16.9 Å². The molecule has 0 atom stereocenters. The number of benzene rings is 1. The third kappa shape index (κ3) is 4.09. The lowest BCUT2D eigenvalue weighted by Crippen LogP contribution is -2.38. The molecule has 1 aromatic carbocycles. The lowest BCUT2D eigenvalue weighted by Gasteiger charge is -2.33. The maximum absolute atomic E-state index is 12.4. The molecule has 1 fully saturated rings. The molecule has 0 unspecified atom stereocenters. The van der Waals surface area contributed by atoms with E-state index < -0.39 is 0 Å². The predicted molar refractivity (Wildman–Crippen MR) is 98.7 cm³/mol. The summed E-state index contributed by atoms with van der Waals surface area (Å²) < 4.78 is 0. The van der Waals surface area contributed by atoms with Crippen molar-refractivity contribution in [3.8, 4) is 6.07 Å². The third-order valence-electron chi connectivity index (χ3n) is 4.47. The van der Waals surface area contributed by atoms with Gasteiger partial charge in [-0.15, -0.1) is 0 Å². The largest absolute Gasteiger partial charge is 0.371 e. The molecule has 128 valence electrons. The molecule has 3 rings (SSSR count). The number of carbonyl (C=O) groups is 1. The Labute approximate surface area is 152 Å². The van der Waals surface area contributed by atoms with E-state index in [1.165, 1.54) is 0 Å². The third-order valence-corrected chi connectivity index (χ3v) is 4.78. The van der Waals surface area contributed by atoms with Crippen LogP contribution in [0.2, 0.25) is 5.02 Å². The summed E-state index contributed by atoms with van der Waals surface area (Å²) in [5.41, 5.74) is 2.53. The second-order valence-electron chi connectivity index (χ2n) is 6.25. The Balaban J connectivity index is 1.58. The van der Waals surface area contributed by atoms with Crippen LogP contribution in [0.1, 0.15) is 24.0 Å². The average molecular weight is 355 g/mol. The number of piperidine rings is 1. The van der Waals surface area contributed by atoms with Crippen LogP contribution in [-0.4, -0.2) is 24.0 Å². The zero-order chi connectivity index (χ0) is 17.8. The molecule has 0 spiro atoms. The van der Waals surface area contributed by atoms with Crippen LogP contribution >= 0.6 is 11.6 Å². The normalized spacial score (nSPS) is 14.8. The summed E-state index contributed by atoms with van der Waals surface area (Å²) in [6, 6.07) is 11.3. The van der Waals surface area contributed by atoms with Crippen LogP contribution < -0.4 is 10.2 Å². The van der Waals surface area contributed by atoms with Crippen LogP contribution in [0, 0.1) is 24.2 Å². The molecule has 0 saturated carbocycles. The van der Waals surface area contributed by atoms with Crippen LogP contribution in [0.3, 0.4) is 0 Å². The van der Waals surface area contributed by atoms with Crippen LogP contribution in [-0.2, 0) is 4.79 Å². The highest BCUT2D eigenvalue weighted by molar-refractivity contribution is 6.32. The van der Waals surface area contributed by atoms with Gasteiger partial charge in [0.15, 0.2) is 0 Å². The highest BCUT2D eigenvalue weighted by atomic mass is 35.5. The molecule has 0 radical (unpaired) electrons. The van der Waals surface area contributed by atoms with Gasteiger partial charge in [0, 0.05) is 30.9 Å². The highest BCUT2D eigenvalue weighted by Gasteiger charge is 2.25. The smallest absolute Gasteiger partial charge is 0.228 e. The SMILES string of the molecule is Cc1ccc(NC(=O)C2CCN(c3ccc(C#N)c(Cl)c3)CC2)nc1. The summed E-state index contributed by atoms with van der Waals surface area (Å²) in [5.74, 6) is 0.596. The lowest BCUT2D eigenvalue weighted by atomic mass is 9.95. The molecule has 1 aliphatic heterocycles.